The van der Waals surface area contributed by atoms with Crippen LogP contribution in [0.2, 0.25) is 0 Å². The van der Waals surface area contributed by atoms with Crippen molar-refractivity contribution in [2.75, 3.05) is 0 Å². The number of para-hydroxylation sites is 4. The van der Waals surface area contributed by atoms with Gasteiger partial charge in [-0.15, -0.1) is 0 Å². The Morgan fingerprint density at radius 3 is 1.49 bits per heavy atom. The zero-order valence-electron chi connectivity index (χ0n) is 24.2. The molecule has 6 aromatic carbocycles. The van der Waals surface area contributed by atoms with Crippen molar-refractivity contribution in [3.63, 3.8) is 0 Å². The van der Waals surface area contributed by atoms with E-state index in [-0.39, 0.29) is 0 Å². The number of hydrogen-bond donors (Lipinski definition) is 0. The van der Waals surface area contributed by atoms with Crippen molar-refractivity contribution < 1.29 is 0 Å². The van der Waals surface area contributed by atoms with Gasteiger partial charge in [-0.25, -0.2) is 9.97 Å². The molecule has 0 fully saturated rings. The lowest BCUT2D eigenvalue weighted by Crippen LogP contribution is -1.96. The summed E-state index contributed by atoms with van der Waals surface area (Å²) in [7, 11) is 0. The van der Waals surface area contributed by atoms with Gasteiger partial charge in [0.25, 0.3) is 0 Å². The van der Waals surface area contributed by atoms with Crippen molar-refractivity contribution in [3.8, 4) is 17.1 Å². The van der Waals surface area contributed by atoms with E-state index in [9.17, 15) is 0 Å². The lowest BCUT2D eigenvalue weighted by atomic mass is 10.1. The molecule has 0 unspecified atom stereocenters. The van der Waals surface area contributed by atoms with E-state index in [0.717, 1.165) is 39.0 Å². The molecule has 0 spiro atoms. The first-order valence-corrected chi connectivity index (χ1v) is 15.2. The van der Waals surface area contributed by atoms with Crippen LogP contribution in [0, 0.1) is 0 Å². The van der Waals surface area contributed by atoms with Crippen molar-refractivity contribution in [1.82, 2.24) is 23.7 Å². The predicted octanol–water partition coefficient (Wildman–Crippen LogP) is 9.77. The van der Waals surface area contributed by atoms with Crippen LogP contribution in [0.15, 0.2) is 152 Å². The molecule has 0 atom stereocenters. The molecule has 0 bridgehead atoms. The third kappa shape index (κ3) is 3.38. The summed E-state index contributed by atoms with van der Waals surface area (Å²) < 4.78 is 7.05. The maximum atomic E-state index is 4.77. The van der Waals surface area contributed by atoms with Crippen LogP contribution in [-0.4, -0.2) is 23.7 Å². The topological polar surface area (TPSA) is 40.6 Å². The summed E-state index contributed by atoms with van der Waals surface area (Å²) in [6, 6.07) is 50.0. The number of nitrogens with zero attached hydrogens (tertiary/aromatic N) is 5. The fourth-order valence-electron chi connectivity index (χ4n) is 7.29. The molecule has 0 aliphatic carbocycles. The third-order valence-electron chi connectivity index (χ3n) is 9.16. The molecule has 10 rings (SSSR count). The molecule has 4 heterocycles. The van der Waals surface area contributed by atoms with Gasteiger partial charge in [-0.1, -0.05) is 72.8 Å². The summed E-state index contributed by atoms with van der Waals surface area (Å²) in [5.74, 6) is 0. The molecule has 0 aliphatic rings. The molecule has 5 nitrogen and oxygen atoms in total. The molecule has 0 aliphatic heterocycles. The summed E-state index contributed by atoms with van der Waals surface area (Å²) in [6.07, 6.45) is 3.55. The SMILES string of the molecule is c1ccc(-n2c3ccccc3c3cc4c(cc32)c2ccccc2n4-c2ccc3c(c2)c2ncncc2n3-c2ccccc2)cc1. The Bertz CT molecular complexity index is 2750. The molecular formula is C40H25N5. The average molecular weight is 576 g/mol. The van der Waals surface area contributed by atoms with Crippen LogP contribution in [0.4, 0.5) is 0 Å². The summed E-state index contributed by atoms with van der Waals surface area (Å²) in [5, 5.41) is 6.04. The van der Waals surface area contributed by atoms with Crippen LogP contribution in [0.3, 0.4) is 0 Å². The van der Waals surface area contributed by atoms with E-state index < -0.39 is 0 Å². The lowest BCUT2D eigenvalue weighted by Gasteiger charge is -2.10. The van der Waals surface area contributed by atoms with Gasteiger partial charge < -0.3 is 13.7 Å². The lowest BCUT2D eigenvalue weighted by molar-refractivity contribution is 1.14. The van der Waals surface area contributed by atoms with Gasteiger partial charge in [0.15, 0.2) is 0 Å². The molecule has 0 saturated heterocycles. The number of benzene rings is 6. The standard InChI is InChI=1S/C40H25N5/c1-3-11-26(12-4-1)43-34-17-9-7-15-29(34)31-23-38-32(22-37(31)43)30-16-8-10-18-35(30)45(38)28-19-20-36-33(21-28)40-39(24-41-25-42-40)44(36)27-13-5-2-6-14-27/h1-25H. The second kappa shape index (κ2) is 9.15. The molecule has 45 heavy (non-hydrogen) atoms. The molecule has 0 amide bonds. The Kier molecular flexibility index (Phi) is 4.93. The Hall–Kier alpha value is -6.20. The Morgan fingerprint density at radius 1 is 0.356 bits per heavy atom. The average Bonchev–Trinajstić information content (AvgIpc) is 3.73. The van der Waals surface area contributed by atoms with E-state index >= 15 is 0 Å². The van der Waals surface area contributed by atoms with E-state index in [1.165, 1.54) is 43.6 Å². The highest BCUT2D eigenvalue weighted by molar-refractivity contribution is 6.19. The highest BCUT2D eigenvalue weighted by atomic mass is 15.0. The minimum Gasteiger partial charge on any atom is -0.309 e. The third-order valence-corrected chi connectivity index (χ3v) is 9.16. The summed E-state index contributed by atoms with van der Waals surface area (Å²) in [6.45, 7) is 0. The monoisotopic (exact) mass is 575 g/mol. The van der Waals surface area contributed by atoms with Crippen LogP contribution in [0.5, 0.6) is 0 Å². The van der Waals surface area contributed by atoms with Gasteiger partial charge in [0.05, 0.1) is 44.8 Å². The van der Waals surface area contributed by atoms with Gasteiger partial charge in [-0.2, -0.15) is 0 Å². The second-order valence-electron chi connectivity index (χ2n) is 11.6. The van der Waals surface area contributed by atoms with E-state index in [0.29, 0.717) is 0 Å². The Morgan fingerprint density at radius 2 is 0.867 bits per heavy atom. The van der Waals surface area contributed by atoms with Crippen LogP contribution in [0.25, 0.3) is 82.6 Å². The number of hydrogen-bond acceptors (Lipinski definition) is 2. The fourth-order valence-corrected chi connectivity index (χ4v) is 7.29. The number of aromatic nitrogens is 5. The molecule has 210 valence electrons. The Balaban J connectivity index is 1.31. The summed E-state index contributed by atoms with van der Waals surface area (Å²) in [5.41, 5.74) is 11.2. The maximum Gasteiger partial charge on any atom is 0.116 e. The molecule has 5 heteroatoms. The van der Waals surface area contributed by atoms with Gasteiger partial charge in [0.2, 0.25) is 0 Å². The summed E-state index contributed by atoms with van der Waals surface area (Å²) >= 11 is 0. The van der Waals surface area contributed by atoms with Gasteiger partial charge in [0.1, 0.15) is 6.33 Å². The second-order valence-corrected chi connectivity index (χ2v) is 11.6. The molecule has 4 aromatic heterocycles. The molecular weight excluding hydrogens is 550 g/mol. The van der Waals surface area contributed by atoms with Crippen molar-refractivity contribution in [2.45, 2.75) is 0 Å². The highest BCUT2D eigenvalue weighted by Gasteiger charge is 2.20. The predicted molar refractivity (Wildman–Crippen MR) is 185 cm³/mol. The van der Waals surface area contributed by atoms with Crippen molar-refractivity contribution in [3.05, 3.63) is 152 Å². The van der Waals surface area contributed by atoms with Crippen LogP contribution in [-0.2, 0) is 0 Å². The van der Waals surface area contributed by atoms with Crippen LogP contribution < -0.4 is 0 Å². The van der Waals surface area contributed by atoms with Gasteiger partial charge in [0, 0.05) is 44.0 Å². The minimum absolute atomic E-state index is 0.944. The summed E-state index contributed by atoms with van der Waals surface area (Å²) in [4.78, 5) is 9.15. The molecule has 10 aromatic rings. The zero-order chi connectivity index (χ0) is 29.5. The van der Waals surface area contributed by atoms with Crippen LogP contribution in [0.1, 0.15) is 0 Å². The van der Waals surface area contributed by atoms with Gasteiger partial charge in [-0.05, 0) is 66.7 Å². The highest BCUT2D eigenvalue weighted by Crippen LogP contribution is 2.40. The van der Waals surface area contributed by atoms with Crippen molar-refractivity contribution >= 4 is 65.5 Å². The number of fused-ring (bicyclic) bond motifs is 9. The van der Waals surface area contributed by atoms with E-state index in [1.54, 1.807) is 6.33 Å². The van der Waals surface area contributed by atoms with Gasteiger partial charge in [-0.3, -0.25) is 0 Å². The molecule has 0 saturated carbocycles. The minimum atomic E-state index is 0.944. The fraction of sp³-hybridized carbons (Fsp3) is 0. The quantitative estimate of drug-likeness (QED) is 0.210. The van der Waals surface area contributed by atoms with E-state index in [2.05, 4.69) is 152 Å². The van der Waals surface area contributed by atoms with E-state index in [1.807, 2.05) is 12.3 Å². The van der Waals surface area contributed by atoms with Gasteiger partial charge >= 0.3 is 0 Å². The smallest absolute Gasteiger partial charge is 0.116 e. The van der Waals surface area contributed by atoms with Crippen molar-refractivity contribution in [2.24, 2.45) is 0 Å². The zero-order valence-corrected chi connectivity index (χ0v) is 24.2. The first kappa shape index (κ1) is 24.3. The van der Waals surface area contributed by atoms with Crippen molar-refractivity contribution in [1.29, 1.82) is 0 Å². The van der Waals surface area contributed by atoms with E-state index in [4.69, 9.17) is 4.98 Å². The Labute approximate surface area is 257 Å². The maximum absolute atomic E-state index is 4.77. The first-order chi connectivity index (χ1) is 22.3. The first-order valence-electron chi connectivity index (χ1n) is 15.2. The molecule has 0 N–H and O–H groups in total. The largest absolute Gasteiger partial charge is 0.309 e. The number of rotatable bonds is 3. The normalized spacial score (nSPS) is 12.0. The van der Waals surface area contributed by atoms with Crippen LogP contribution >= 0.6 is 0 Å². The molecule has 0 radical (unpaired) electrons.